The summed E-state index contributed by atoms with van der Waals surface area (Å²) < 4.78 is 20.4. The van der Waals surface area contributed by atoms with Crippen molar-refractivity contribution in [3.63, 3.8) is 0 Å². The summed E-state index contributed by atoms with van der Waals surface area (Å²) in [5.41, 5.74) is 0.275. The molecule has 39 heavy (non-hydrogen) atoms. The number of amides is 2. The molecule has 2 aromatic rings. The molecule has 1 aromatic heterocycles. The molecule has 12 heteroatoms. The number of nitrogens with zero attached hydrogens (tertiary/aromatic N) is 4. The molecule has 0 bridgehead atoms. The van der Waals surface area contributed by atoms with E-state index in [1.54, 1.807) is 24.5 Å². The van der Waals surface area contributed by atoms with E-state index in [1.807, 2.05) is 0 Å². The van der Waals surface area contributed by atoms with Gasteiger partial charge in [0.05, 0.1) is 55.6 Å². The fourth-order valence-corrected chi connectivity index (χ4v) is 4.90. The summed E-state index contributed by atoms with van der Waals surface area (Å²) in [6.07, 6.45) is 7.12. The van der Waals surface area contributed by atoms with Crippen LogP contribution >= 0.6 is 11.6 Å². The topological polar surface area (TPSA) is 128 Å². The van der Waals surface area contributed by atoms with Crippen molar-refractivity contribution in [2.45, 2.75) is 38.1 Å². The van der Waals surface area contributed by atoms with E-state index in [0.29, 0.717) is 29.2 Å². The van der Waals surface area contributed by atoms with E-state index in [9.17, 15) is 14.0 Å². The van der Waals surface area contributed by atoms with Crippen LogP contribution in [-0.2, 0) is 16.0 Å². The van der Waals surface area contributed by atoms with E-state index >= 15 is 0 Å². The largest absolute Gasteiger partial charge is 0.493 e. The molecular weight excluding hydrogens is 529 g/mol. The predicted octanol–water partition coefficient (Wildman–Crippen LogP) is 1.81. The summed E-state index contributed by atoms with van der Waals surface area (Å²) in [5, 5.41) is 21.2. The fourth-order valence-electron chi connectivity index (χ4n) is 4.80. The van der Waals surface area contributed by atoms with Gasteiger partial charge in [-0.05, 0) is 43.2 Å². The second-order valence-electron chi connectivity index (χ2n) is 10.1. The number of piperidine rings is 1. The lowest BCUT2D eigenvalue weighted by Crippen LogP contribution is -2.57. The van der Waals surface area contributed by atoms with Gasteiger partial charge in [0.25, 0.3) is 0 Å². The highest BCUT2D eigenvalue weighted by atomic mass is 35.5. The highest BCUT2D eigenvalue weighted by Crippen LogP contribution is 2.25. The second kappa shape index (κ2) is 13.9. The molecule has 0 saturated carbocycles. The van der Waals surface area contributed by atoms with Crippen LogP contribution in [0.2, 0.25) is 5.02 Å². The molecule has 1 aromatic carbocycles. The Morgan fingerprint density at radius 1 is 1.15 bits per heavy atom. The first-order chi connectivity index (χ1) is 18.9. The Hall–Kier alpha value is -3.02. The molecule has 2 fully saturated rings. The third-order valence-electron chi connectivity index (χ3n) is 7.29. The summed E-state index contributed by atoms with van der Waals surface area (Å²) in [5.74, 6) is 0.253. The van der Waals surface area contributed by atoms with Gasteiger partial charge in [0.1, 0.15) is 11.6 Å². The average Bonchev–Trinajstić information content (AvgIpc) is 2.91. The van der Waals surface area contributed by atoms with Crippen LogP contribution in [0.25, 0.3) is 0 Å². The zero-order valence-corrected chi connectivity index (χ0v) is 22.5. The van der Waals surface area contributed by atoms with Crippen LogP contribution in [0.3, 0.4) is 0 Å². The van der Waals surface area contributed by atoms with Crippen molar-refractivity contribution in [2.24, 2.45) is 11.8 Å². The molecule has 2 saturated heterocycles. The Labute approximate surface area is 232 Å². The number of carbonyl (C=O) groups is 2. The summed E-state index contributed by atoms with van der Waals surface area (Å²) in [4.78, 5) is 36.8. The fraction of sp³-hybridized carbons (Fsp3) is 0.556. The minimum Gasteiger partial charge on any atom is -0.493 e. The smallest absolute Gasteiger partial charge is 0.227 e. The predicted molar refractivity (Wildman–Crippen MR) is 143 cm³/mol. The van der Waals surface area contributed by atoms with Crippen LogP contribution in [0.4, 0.5) is 10.3 Å². The number of likely N-dealkylation sites (tertiary alicyclic amines) is 1. The van der Waals surface area contributed by atoms with Gasteiger partial charge in [-0.3, -0.25) is 9.59 Å². The van der Waals surface area contributed by atoms with Crippen molar-refractivity contribution in [3.8, 4) is 5.75 Å². The van der Waals surface area contributed by atoms with Gasteiger partial charge in [0.2, 0.25) is 17.8 Å². The van der Waals surface area contributed by atoms with E-state index in [1.165, 1.54) is 11.0 Å². The molecule has 0 unspecified atom stereocenters. The first kappa shape index (κ1) is 29.0. The number of carbonyl (C=O) groups excluding carboxylic acids is 2. The monoisotopic (exact) mass is 563 g/mol. The van der Waals surface area contributed by atoms with Gasteiger partial charge >= 0.3 is 0 Å². The highest BCUT2D eigenvalue weighted by molar-refractivity contribution is 6.30. The van der Waals surface area contributed by atoms with Gasteiger partial charge in [0.15, 0.2) is 0 Å². The summed E-state index contributed by atoms with van der Waals surface area (Å²) >= 11 is 5.86. The zero-order valence-electron chi connectivity index (χ0n) is 21.8. The van der Waals surface area contributed by atoms with Crippen LogP contribution < -0.4 is 15.0 Å². The summed E-state index contributed by atoms with van der Waals surface area (Å²) in [6, 6.07) is 3.83. The number of aliphatic hydroxyl groups excluding tert-OH is 2. The van der Waals surface area contributed by atoms with E-state index in [2.05, 4.69) is 20.2 Å². The number of halogens is 2. The lowest BCUT2D eigenvalue weighted by atomic mass is 9.92. The Morgan fingerprint density at radius 3 is 2.49 bits per heavy atom. The van der Waals surface area contributed by atoms with Gasteiger partial charge in [-0.25, -0.2) is 14.4 Å². The Kier molecular flexibility index (Phi) is 10.3. The third kappa shape index (κ3) is 8.00. The SMILES string of the molecule is O=C(NC(CO)CO)C1CN(C(=O)Cc2ccc(OCCCC3CCN(c4ncc(Cl)cn4)CC3)cc2F)C1. The number of hydrogen-bond acceptors (Lipinski definition) is 8. The van der Waals surface area contributed by atoms with Crippen LogP contribution in [0.15, 0.2) is 30.6 Å². The van der Waals surface area contributed by atoms with E-state index < -0.39 is 17.8 Å². The van der Waals surface area contributed by atoms with Crippen molar-refractivity contribution >= 4 is 29.4 Å². The van der Waals surface area contributed by atoms with Crippen LogP contribution in [0, 0.1) is 17.7 Å². The van der Waals surface area contributed by atoms with Gasteiger partial charge in [-0.1, -0.05) is 17.7 Å². The molecule has 4 rings (SSSR count). The van der Waals surface area contributed by atoms with Crippen molar-refractivity contribution in [2.75, 3.05) is 50.9 Å². The number of benzene rings is 1. The second-order valence-corrected chi connectivity index (χ2v) is 10.6. The molecule has 0 spiro atoms. The molecular formula is C27H35ClFN5O5. The normalized spacial score (nSPS) is 16.3. The number of rotatable bonds is 12. The Bertz CT molecular complexity index is 1110. The number of anilines is 1. The lowest BCUT2D eigenvalue weighted by molar-refractivity contribution is -0.143. The number of ether oxygens (including phenoxy) is 1. The van der Waals surface area contributed by atoms with Crippen LogP contribution in [0.1, 0.15) is 31.2 Å². The van der Waals surface area contributed by atoms with Gasteiger partial charge in [-0.15, -0.1) is 0 Å². The van der Waals surface area contributed by atoms with Crippen molar-refractivity contribution in [3.05, 3.63) is 47.0 Å². The maximum Gasteiger partial charge on any atom is 0.227 e. The molecule has 0 atom stereocenters. The van der Waals surface area contributed by atoms with E-state index in [0.717, 1.165) is 38.8 Å². The first-order valence-electron chi connectivity index (χ1n) is 13.3. The molecule has 10 nitrogen and oxygen atoms in total. The Morgan fingerprint density at radius 2 is 1.85 bits per heavy atom. The number of nitrogens with one attached hydrogen (secondary N) is 1. The molecule has 2 aliphatic heterocycles. The minimum atomic E-state index is -0.716. The molecule has 0 radical (unpaired) electrons. The van der Waals surface area contributed by atoms with Crippen molar-refractivity contribution in [1.82, 2.24) is 20.2 Å². The molecule has 2 aliphatic rings. The standard InChI is InChI=1S/C27H35ClFN5O5/c28-21-12-30-27(31-13-21)33-7-5-18(6-8-33)2-1-9-39-23-4-3-19(24(29)11-23)10-25(37)34-14-20(15-34)26(38)32-22(16-35)17-36/h3-4,11-13,18,20,22,35-36H,1-2,5-10,14-17H2,(H,32,38). The van der Waals surface area contributed by atoms with Gasteiger partial charge < -0.3 is 30.1 Å². The summed E-state index contributed by atoms with van der Waals surface area (Å²) in [7, 11) is 0. The molecule has 212 valence electrons. The van der Waals surface area contributed by atoms with Crippen LogP contribution in [0.5, 0.6) is 5.75 Å². The Balaban J connectivity index is 1.13. The quantitative estimate of drug-likeness (QED) is 0.334. The minimum absolute atomic E-state index is 0.101. The maximum absolute atomic E-state index is 14.6. The third-order valence-corrected chi connectivity index (χ3v) is 7.48. The van der Waals surface area contributed by atoms with Gasteiger partial charge in [-0.2, -0.15) is 0 Å². The molecule has 2 amide bonds. The van der Waals surface area contributed by atoms with Crippen molar-refractivity contribution < 1.29 is 28.9 Å². The van der Waals surface area contributed by atoms with Crippen molar-refractivity contribution in [1.29, 1.82) is 0 Å². The molecule has 0 aliphatic carbocycles. The lowest BCUT2D eigenvalue weighted by Gasteiger charge is -2.38. The van der Waals surface area contributed by atoms with Gasteiger partial charge in [0, 0.05) is 32.2 Å². The van der Waals surface area contributed by atoms with E-state index in [4.69, 9.17) is 26.6 Å². The average molecular weight is 564 g/mol. The molecule has 3 N–H and O–H groups in total. The van der Waals surface area contributed by atoms with E-state index in [-0.39, 0.29) is 50.1 Å². The first-order valence-corrected chi connectivity index (χ1v) is 13.7. The number of aliphatic hydroxyl groups is 2. The number of hydrogen-bond donors (Lipinski definition) is 3. The maximum atomic E-state index is 14.6. The molecule has 3 heterocycles. The number of aromatic nitrogens is 2. The van der Waals surface area contributed by atoms with Crippen LogP contribution in [-0.4, -0.2) is 88.9 Å². The highest BCUT2D eigenvalue weighted by Gasteiger charge is 2.36. The summed E-state index contributed by atoms with van der Waals surface area (Å²) in [6.45, 7) is 2.02. The zero-order chi connectivity index (χ0) is 27.8.